The molecule has 1 atom stereocenters. The van der Waals surface area contributed by atoms with Crippen LogP contribution in [0.4, 0.5) is 0 Å². The fraction of sp³-hybridized carbons (Fsp3) is 0.269. The third-order valence-electron chi connectivity index (χ3n) is 5.74. The number of methoxy groups -OCH3 is 3. The molecule has 0 bridgehead atoms. The maximum absolute atomic E-state index is 13.8. The van der Waals surface area contributed by atoms with Gasteiger partial charge in [0.1, 0.15) is 17.2 Å². The van der Waals surface area contributed by atoms with Gasteiger partial charge in [-0.2, -0.15) is 0 Å². The lowest BCUT2D eigenvalue weighted by Crippen LogP contribution is -2.39. The van der Waals surface area contributed by atoms with Crippen molar-refractivity contribution in [1.82, 2.24) is 4.57 Å². The Kier molecular flexibility index (Phi) is 7.65. The van der Waals surface area contributed by atoms with E-state index in [0.717, 1.165) is 10.0 Å². The van der Waals surface area contributed by atoms with E-state index in [9.17, 15) is 9.59 Å². The van der Waals surface area contributed by atoms with Crippen molar-refractivity contribution in [3.8, 4) is 17.2 Å². The van der Waals surface area contributed by atoms with Crippen molar-refractivity contribution in [1.29, 1.82) is 0 Å². The maximum atomic E-state index is 13.8. The number of carbonyl (C=O) groups excluding carboxylic acids is 1. The third-order valence-corrected chi connectivity index (χ3v) is 7.34. The smallest absolute Gasteiger partial charge is 0.338 e. The number of hydrogen-bond acceptors (Lipinski definition) is 8. The summed E-state index contributed by atoms with van der Waals surface area (Å²) in [6, 6.07) is 10.1. The average Bonchev–Trinajstić information content (AvgIpc) is 3.17. The Morgan fingerprint density at radius 3 is 2.42 bits per heavy atom. The SMILES string of the molecule is CCOC(=O)C1=C(C)N=c2s/c(=C/c3cc(Br)c(OC)cc3OC)c(=O)n2C1c1ccc(OC)cc1. The molecular weight excluding hydrogens is 548 g/mol. The second kappa shape index (κ2) is 10.7. The van der Waals surface area contributed by atoms with E-state index in [4.69, 9.17) is 18.9 Å². The van der Waals surface area contributed by atoms with Crippen LogP contribution in [0.5, 0.6) is 17.2 Å². The Labute approximate surface area is 220 Å². The number of rotatable bonds is 7. The summed E-state index contributed by atoms with van der Waals surface area (Å²) in [6.45, 7) is 3.71. The molecule has 3 aromatic rings. The number of esters is 1. The zero-order valence-electron chi connectivity index (χ0n) is 20.5. The van der Waals surface area contributed by atoms with Crippen molar-refractivity contribution in [2.45, 2.75) is 19.9 Å². The monoisotopic (exact) mass is 572 g/mol. The third kappa shape index (κ3) is 4.70. The molecule has 0 spiro atoms. The molecule has 188 valence electrons. The van der Waals surface area contributed by atoms with E-state index in [1.54, 1.807) is 64.0 Å². The van der Waals surface area contributed by atoms with Crippen molar-refractivity contribution in [2.75, 3.05) is 27.9 Å². The van der Waals surface area contributed by atoms with E-state index in [1.165, 1.54) is 11.3 Å². The summed E-state index contributed by atoms with van der Waals surface area (Å²) in [5.74, 6) is 1.33. The molecule has 0 saturated heterocycles. The zero-order chi connectivity index (χ0) is 26.0. The molecule has 1 aliphatic heterocycles. The standard InChI is InChI=1S/C26H25BrN2O6S/c1-6-35-25(31)22-14(2)28-26-29(23(22)15-7-9-17(32-3)10-8-15)24(30)21(36-26)12-16-11-18(27)20(34-5)13-19(16)33-4/h7-13,23H,6H2,1-5H3/b21-12+. The number of nitrogens with zero attached hydrogens (tertiary/aromatic N) is 2. The van der Waals surface area contributed by atoms with Gasteiger partial charge in [-0.1, -0.05) is 23.5 Å². The number of fused-ring (bicyclic) bond motifs is 1. The summed E-state index contributed by atoms with van der Waals surface area (Å²) < 4.78 is 24.2. The molecule has 10 heteroatoms. The van der Waals surface area contributed by atoms with Gasteiger partial charge < -0.3 is 18.9 Å². The molecule has 0 aliphatic carbocycles. The molecule has 0 N–H and O–H groups in total. The van der Waals surface area contributed by atoms with Crippen LogP contribution in [0.2, 0.25) is 0 Å². The first-order valence-corrected chi connectivity index (χ1v) is 12.7. The predicted octanol–water partition coefficient (Wildman–Crippen LogP) is 3.59. The predicted molar refractivity (Wildman–Crippen MR) is 141 cm³/mol. The van der Waals surface area contributed by atoms with Crippen molar-refractivity contribution < 1.29 is 23.7 Å². The average molecular weight is 573 g/mol. The lowest BCUT2D eigenvalue weighted by atomic mass is 9.96. The highest BCUT2D eigenvalue weighted by molar-refractivity contribution is 9.10. The van der Waals surface area contributed by atoms with Crippen LogP contribution in [-0.4, -0.2) is 38.5 Å². The zero-order valence-corrected chi connectivity index (χ0v) is 22.9. The van der Waals surface area contributed by atoms with Crippen molar-refractivity contribution >= 4 is 39.3 Å². The first-order valence-electron chi connectivity index (χ1n) is 11.1. The van der Waals surface area contributed by atoms with Crippen molar-refractivity contribution in [3.05, 3.63) is 83.0 Å². The highest BCUT2D eigenvalue weighted by Gasteiger charge is 2.33. The van der Waals surface area contributed by atoms with Gasteiger partial charge in [0.2, 0.25) is 0 Å². The van der Waals surface area contributed by atoms with Crippen LogP contribution in [0.3, 0.4) is 0 Å². The van der Waals surface area contributed by atoms with Gasteiger partial charge in [0, 0.05) is 11.6 Å². The number of hydrogen-bond donors (Lipinski definition) is 0. The largest absolute Gasteiger partial charge is 0.497 e. The summed E-state index contributed by atoms with van der Waals surface area (Å²) >= 11 is 4.73. The number of carbonyl (C=O) groups is 1. The molecule has 0 amide bonds. The van der Waals surface area contributed by atoms with Crippen molar-refractivity contribution in [2.24, 2.45) is 4.99 Å². The van der Waals surface area contributed by atoms with Gasteiger partial charge in [-0.15, -0.1) is 0 Å². The van der Waals surface area contributed by atoms with Crippen LogP contribution >= 0.6 is 27.3 Å². The Bertz CT molecular complexity index is 1520. The molecule has 2 heterocycles. The molecule has 0 saturated carbocycles. The second-order valence-corrected chi connectivity index (χ2v) is 9.67. The van der Waals surface area contributed by atoms with E-state index < -0.39 is 12.0 Å². The van der Waals surface area contributed by atoms with Crippen LogP contribution in [0.1, 0.15) is 31.0 Å². The summed E-state index contributed by atoms with van der Waals surface area (Å²) in [5, 5.41) is 0. The highest BCUT2D eigenvalue weighted by Crippen LogP contribution is 2.34. The van der Waals surface area contributed by atoms with Gasteiger partial charge in [0.25, 0.3) is 5.56 Å². The van der Waals surface area contributed by atoms with Gasteiger partial charge >= 0.3 is 5.97 Å². The summed E-state index contributed by atoms with van der Waals surface area (Å²) in [5.41, 5.74) is 1.99. The lowest BCUT2D eigenvalue weighted by Gasteiger charge is -2.24. The van der Waals surface area contributed by atoms with Crippen LogP contribution in [0.15, 0.2) is 61.9 Å². The van der Waals surface area contributed by atoms with Crippen LogP contribution in [0.25, 0.3) is 6.08 Å². The van der Waals surface area contributed by atoms with E-state index in [1.807, 2.05) is 18.2 Å². The van der Waals surface area contributed by atoms with Crippen LogP contribution < -0.4 is 29.1 Å². The second-order valence-electron chi connectivity index (χ2n) is 7.80. The number of aromatic nitrogens is 1. The van der Waals surface area contributed by atoms with Gasteiger partial charge in [0.15, 0.2) is 4.80 Å². The minimum absolute atomic E-state index is 0.210. The fourth-order valence-electron chi connectivity index (χ4n) is 4.03. The molecular formula is C26H25BrN2O6S. The van der Waals surface area contributed by atoms with Gasteiger partial charge in [0.05, 0.1) is 54.3 Å². The van der Waals surface area contributed by atoms with Crippen molar-refractivity contribution in [3.63, 3.8) is 0 Å². The quantitative estimate of drug-likeness (QED) is 0.402. The fourth-order valence-corrected chi connectivity index (χ4v) is 5.59. The minimum Gasteiger partial charge on any atom is -0.497 e. The molecule has 1 unspecified atom stereocenters. The number of benzene rings is 2. The number of halogens is 1. The molecule has 1 aliphatic rings. The normalized spacial score (nSPS) is 15.3. The molecule has 2 aromatic carbocycles. The van der Waals surface area contributed by atoms with E-state index >= 15 is 0 Å². The van der Waals surface area contributed by atoms with E-state index in [0.29, 0.717) is 43.4 Å². The highest BCUT2D eigenvalue weighted by atomic mass is 79.9. The molecule has 36 heavy (non-hydrogen) atoms. The Balaban J connectivity index is 1.95. The minimum atomic E-state index is -0.696. The number of allylic oxidation sites excluding steroid dienone is 1. The van der Waals surface area contributed by atoms with Gasteiger partial charge in [-0.05, 0) is 59.6 Å². The first kappa shape index (κ1) is 25.7. The Morgan fingerprint density at radius 2 is 1.81 bits per heavy atom. The van der Waals surface area contributed by atoms with E-state index in [-0.39, 0.29) is 12.2 Å². The molecule has 0 radical (unpaired) electrons. The number of ether oxygens (including phenoxy) is 4. The lowest BCUT2D eigenvalue weighted by molar-refractivity contribution is -0.139. The Hall–Kier alpha value is -3.37. The van der Waals surface area contributed by atoms with Crippen LogP contribution in [-0.2, 0) is 9.53 Å². The summed E-state index contributed by atoms with van der Waals surface area (Å²) in [6.07, 6.45) is 1.75. The summed E-state index contributed by atoms with van der Waals surface area (Å²) in [7, 11) is 4.71. The van der Waals surface area contributed by atoms with E-state index in [2.05, 4.69) is 20.9 Å². The molecule has 8 nitrogen and oxygen atoms in total. The van der Waals surface area contributed by atoms with Gasteiger partial charge in [-0.25, -0.2) is 9.79 Å². The topological polar surface area (TPSA) is 88.4 Å². The molecule has 1 aromatic heterocycles. The number of thiazole rings is 1. The van der Waals surface area contributed by atoms with Crippen LogP contribution in [0, 0.1) is 0 Å². The van der Waals surface area contributed by atoms with Gasteiger partial charge in [-0.3, -0.25) is 9.36 Å². The molecule has 0 fully saturated rings. The first-order chi connectivity index (χ1) is 17.3. The maximum Gasteiger partial charge on any atom is 0.338 e. The molecule has 4 rings (SSSR count). The summed E-state index contributed by atoms with van der Waals surface area (Å²) in [4.78, 5) is 31.9. The Morgan fingerprint density at radius 1 is 1.11 bits per heavy atom.